The summed E-state index contributed by atoms with van der Waals surface area (Å²) in [4.78, 5) is 11.0. The number of carbonyl (C=O) groups is 1. The molecule has 0 aliphatic rings. The number of methoxy groups -OCH3 is 1. The standard InChI is InChI=1S/C12H10N2O4/c1-18-11-9(12(16)17)6-10(13-14-11)7-3-2-4-8(15)5-7/h2-6,15H,1H3,(H,16,17). The number of phenolic OH excluding ortho intramolecular Hbond substituents is 1. The largest absolute Gasteiger partial charge is 0.508 e. The fourth-order valence-electron chi connectivity index (χ4n) is 1.49. The van der Waals surface area contributed by atoms with Crippen molar-refractivity contribution in [3.05, 3.63) is 35.9 Å². The van der Waals surface area contributed by atoms with Gasteiger partial charge in [0.2, 0.25) is 5.88 Å². The van der Waals surface area contributed by atoms with Crippen LogP contribution >= 0.6 is 0 Å². The van der Waals surface area contributed by atoms with Crippen LogP contribution in [0.2, 0.25) is 0 Å². The Kier molecular flexibility index (Phi) is 3.09. The van der Waals surface area contributed by atoms with Gasteiger partial charge in [0, 0.05) is 5.56 Å². The molecule has 0 fully saturated rings. The molecule has 0 amide bonds. The van der Waals surface area contributed by atoms with Crippen molar-refractivity contribution in [2.24, 2.45) is 0 Å². The molecule has 1 heterocycles. The summed E-state index contributed by atoms with van der Waals surface area (Å²) in [5.41, 5.74) is 0.850. The van der Waals surface area contributed by atoms with Gasteiger partial charge in [0.15, 0.2) is 0 Å². The molecule has 2 rings (SSSR count). The fourth-order valence-corrected chi connectivity index (χ4v) is 1.49. The second kappa shape index (κ2) is 4.70. The molecular formula is C12H10N2O4. The van der Waals surface area contributed by atoms with Crippen LogP contribution in [0.25, 0.3) is 11.3 Å². The van der Waals surface area contributed by atoms with Crippen LogP contribution in [0.15, 0.2) is 30.3 Å². The third-order valence-electron chi connectivity index (χ3n) is 2.33. The molecule has 0 aliphatic heterocycles. The number of rotatable bonds is 3. The Balaban J connectivity index is 2.53. The lowest BCUT2D eigenvalue weighted by Gasteiger charge is -2.05. The lowest BCUT2D eigenvalue weighted by molar-refractivity contribution is 0.0692. The van der Waals surface area contributed by atoms with E-state index < -0.39 is 5.97 Å². The van der Waals surface area contributed by atoms with Crippen molar-refractivity contribution in [2.45, 2.75) is 0 Å². The summed E-state index contributed by atoms with van der Waals surface area (Å²) in [7, 11) is 1.32. The molecule has 1 aromatic heterocycles. The topological polar surface area (TPSA) is 92.5 Å². The van der Waals surface area contributed by atoms with Gasteiger partial charge in [-0.3, -0.25) is 0 Å². The lowest BCUT2D eigenvalue weighted by atomic mass is 10.1. The van der Waals surface area contributed by atoms with E-state index in [9.17, 15) is 9.90 Å². The highest BCUT2D eigenvalue weighted by Gasteiger charge is 2.15. The summed E-state index contributed by atoms with van der Waals surface area (Å²) >= 11 is 0. The van der Waals surface area contributed by atoms with E-state index in [4.69, 9.17) is 9.84 Å². The molecule has 0 spiro atoms. The van der Waals surface area contributed by atoms with Gasteiger partial charge in [-0.1, -0.05) is 12.1 Å². The van der Waals surface area contributed by atoms with Crippen LogP contribution < -0.4 is 4.74 Å². The molecule has 0 radical (unpaired) electrons. The SMILES string of the molecule is COc1nnc(-c2cccc(O)c2)cc1C(=O)O. The number of aromatic hydroxyl groups is 1. The lowest BCUT2D eigenvalue weighted by Crippen LogP contribution is -2.04. The molecular weight excluding hydrogens is 236 g/mol. The van der Waals surface area contributed by atoms with E-state index in [-0.39, 0.29) is 17.2 Å². The predicted octanol–water partition coefficient (Wildman–Crippen LogP) is 1.56. The minimum Gasteiger partial charge on any atom is -0.508 e. The second-order valence-electron chi connectivity index (χ2n) is 3.51. The molecule has 18 heavy (non-hydrogen) atoms. The zero-order valence-corrected chi connectivity index (χ0v) is 9.49. The third kappa shape index (κ3) is 2.22. The highest BCUT2D eigenvalue weighted by molar-refractivity contribution is 5.91. The minimum absolute atomic E-state index is 0.0496. The average molecular weight is 246 g/mol. The molecule has 0 bridgehead atoms. The molecule has 0 aliphatic carbocycles. The fraction of sp³-hybridized carbons (Fsp3) is 0.0833. The van der Waals surface area contributed by atoms with E-state index in [1.165, 1.54) is 25.3 Å². The van der Waals surface area contributed by atoms with E-state index in [1.54, 1.807) is 12.1 Å². The summed E-state index contributed by atoms with van der Waals surface area (Å²) in [6, 6.07) is 7.67. The van der Waals surface area contributed by atoms with Crippen molar-refractivity contribution in [1.29, 1.82) is 0 Å². The number of aromatic nitrogens is 2. The van der Waals surface area contributed by atoms with Crippen LogP contribution in [0.4, 0.5) is 0 Å². The number of hydrogen-bond acceptors (Lipinski definition) is 5. The van der Waals surface area contributed by atoms with Crippen molar-refractivity contribution >= 4 is 5.97 Å². The normalized spacial score (nSPS) is 10.1. The Bertz CT molecular complexity index is 598. The maximum atomic E-state index is 11.0. The van der Waals surface area contributed by atoms with Gasteiger partial charge >= 0.3 is 5.97 Å². The van der Waals surface area contributed by atoms with Crippen molar-refractivity contribution in [1.82, 2.24) is 10.2 Å². The number of hydrogen-bond donors (Lipinski definition) is 2. The summed E-state index contributed by atoms with van der Waals surface area (Å²) in [5.74, 6) is -1.13. The van der Waals surface area contributed by atoms with Gasteiger partial charge in [-0.25, -0.2) is 4.79 Å². The van der Waals surface area contributed by atoms with Crippen molar-refractivity contribution in [3.63, 3.8) is 0 Å². The van der Waals surface area contributed by atoms with Gasteiger partial charge in [0.25, 0.3) is 0 Å². The molecule has 0 saturated heterocycles. The quantitative estimate of drug-likeness (QED) is 0.853. The van der Waals surface area contributed by atoms with Crippen LogP contribution in [-0.4, -0.2) is 33.5 Å². The Morgan fingerprint density at radius 1 is 1.28 bits per heavy atom. The highest BCUT2D eigenvalue weighted by atomic mass is 16.5. The molecule has 2 aromatic rings. The van der Waals surface area contributed by atoms with Gasteiger partial charge in [-0.05, 0) is 18.2 Å². The second-order valence-corrected chi connectivity index (χ2v) is 3.51. The summed E-state index contributed by atoms with van der Waals surface area (Å²) in [6.45, 7) is 0. The third-order valence-corrected chi connectivity index (χ3v) is 2.33. The first-order valence-corrected chi connectivity index (χ1v) is 5.06. The first kappa shape index (κ1) is 11.8. The van der Waals surface area contributed by atoms with E-state index in [0.717, 1.165) is 0 Å². The van der Waals surface area contributed by atoms with Gasteiger partial charge in [0.1, 0.15) is 11.3 Å². The maximum Gasteiger partial charge on any atom is 0.341 e. The average Bonchev–Trinajstić information content (AvgIpc) is 2.38. The molecule has 0 saturated carbocycles. The molecule has 0 unspecified atom stereocenters. The van der Waals surface area contributed by atoms with Crippen molar-refractivity contribution in [2.75, 3.05) is 7.11 Å². The Hall–Kier alpha value is -2.63. The van der Waals surface area contributed by atoms with Crippen LogP contribution in [0, 0.1) is 0 Å². The molecule has 6 heteroatoms. The minimum atomic E-state index is -1.15. The Morgan fingerprint density at radius 3 is 2.67 bits per heavy atom. The van der Waals surface area contributed by atoms with Crippen molar-refractivity contribution < 1.29 is 19.7 Å². The van der Waals surface area contributed by atoms with Crippen LogP contribution in [0.5, 0.6) is 11.6 Å². The number of carboxylic acids is 1. The molecule has 1 aromatic carbocycles. The molecule has 6 nitrogen and oxygen atoms in total. The van der Waals surface area contributed by atoms with E-state index in [1.807, 2.05) is 0 Å². The van der Waals surface area contributed by atoms with Gasteiger partial charge in [0.05, 0.1) is 12.8 Å². The van der Waals surface area contributed by atoms with Gasteiger partial charge in [-0.15, -0.1) is 10.2 Å². The number of ether oxygens (including phenoxy) is 1. The number of aromatic carboxylic acids is 1. The maximum absolute atomic E-state index is 11.0. The zero-order valence-electron chi connectivity index (χ0n) is 9.49. The highest BCUT2D eigenvalue weighted by Crippen LogP contribution is 2.24. The number of nitrogens with zero attached hydrogens (tertiary/aromatic N) is 2. The Morgan fingerprint density at radius 2 is 2.06 bits per heavy atom. The first-order chi connectivity index (χ1) is 8.61. The number of phenols is 1. The first-order valence-electron chi connectivity index (χ1n) is 5.06. The predicted molar refractivity (Wildman–Crippen MR) is 62.6 cm³/mol. The van der Waals surface area contributed by atoms with Gasteiger partial charge in [-0.2, -0.15) is 0 Å². The van der Waals surface area contributed by atoms with E-state index >= 15 is 0 Å². The summed E-state index contributed by atoms with van der Waals surface area (Å²) < 4.78 is 4.82. The summed E-state index contributed by atoms with van der Waals surface area (Å²) in [6.07, 6.45) is 0. The zero-order chi connectivity index (χ0) is 13.1. The molecule has 92 valence electrons. The van der Waals surface area contributed by atoms with Crippen molar-refractivity contribution in [3.8, 4) is 22.9 Å². The summed E-state index contributed by atoms with van der Waals surface area (Å²) in [5, 5.41) is 25.9. The van der Waals surface area contributed by atoms with Crippen LogP contribution in [-0.2, 0) is 0 Å². The van der Waals surface area contributed by atoms with Gasteiger partial charge < -0.3 is 14.9 Å². The number of benzene rings is 1. The molecule has 2 N–H and O–H groups in total. The Labute approximate surface area is 102 Å². The van der Waals surface area contributed by atoms with Crippen LogP contribution in [0.1, 0.15) is 10.4 Å². The monoisotopic (exact) mass is 246 g/mol. The van der Waals surface area contributed by atoms with Crippen LogP contribution in [0.3, 0.4) is 0 Å². The molecule has 0 atom stereocenters. The number of carboxylic acid groups (broad SMARTS) is 1. The van der Waals surface area contributed by atoms with E-state index in [0.29, 0.717) is 11.3 Å². The van der Waals surface area contributed by atoms with E-state index in [2.05, 4.69) is 10.2 Å². The smallest absolute Gasteiger partial charge is 0.341 e.